The van der Waals surface area contributed by atoms with Gasteiger partial charge in [0.2, 0.25) is 0 Å². The van der Waals surface area contributed by atoms with Crippen molar-refractivity contribution < 1.29 is 4.79 Å². The summed E-state index contributed by atoms with van der Waals surface area (Å²) in [6, 6.07) is 5.28. The first-order valence-corrected chi connectivity index (χ1v) is 8.43. The first kappa shape index (κ1) is 16.1. The van der Waals surface area contributed by atoms with E-state index in [1.807, 2.05) is 37.4 Å². The summed E-state index contributed by atoms with van der Waals surface area (Å²) >= 11 is 1.61. The van der Waals surface area contributed by atoms with Gasteiger partial charge in [-0.3, -0.25) is 10.1 Å². The Morgan fingerprint density at radius 2 is 2.29 bits per heavy atom. The standard InChI is InChI=1S/C16H18N6OS/c1-10(15-20-11(2)9-24-15)7-18-16(23)21-13-8-19-22-14(13)12-5-3-4-6-17-12/h3-6,8-10H,7H2,1-2H3,(H,19,22)(H2,18,21,23). The minimum Gasteiger partial charge on any atom is -0.337 e. The molecule has 0 saturated carbocycles. The molecule has 0 aliphatic heterocycles. The van der Waals surface area contributed by atoms with Gasteiger partial charge < -0.3 is 10.6 Å². The van der Waals surface area contributed by atoms with E-state index in [1.165, 1.54) is 0 Å². The third kappa shape index (κ3) is 3.77. The van der Waals surface area contributed by atoms with Crippen molar-refractivity contribution in [1.29, 1.82) is 0 Å². The number of amides is 2. The Labute approximate surface area is 143 Å². The molecule has 0 aliphatic rings. The molecule has 0 saturated heterocycles. The van der Waals surface area contributed by atoms with Crippen molar-refractivity contribution in [2.24, 2.45) is 0 Å². The van der Waals surface area contributed by atoms with Gasteiger partial charge in [0, 0.05) is 29.7 Å². The Balaban J connectivity index is 1.59. The zero-order valence-electron chi connectivity index (χ0n) is 13.4. The maximum atomic E-state index is 12.1. The highest BCUT2D eigenvalue weighted by molar-refractivity contribution is 7.09. The smallest absolute Gasteiger partial charge is 0.319 e. The number of nitrogens with zero attached hydrogens (tertiary/aromatic N) is 3. The quantitative estimate of drug-likeness (QED) is 0.663. The first-order valence-electron chi connectivity index (χ1n) is 7.55. The van der Waals surface area contributed by atoms with Gasteiger partial charge in [-0.15, -0.1) is 11.3 Å². The van der Waals surface area contributed by atoms with Gasteiger partial charge in [0.05, 0.1) is 22.6 Å². The number of aryl methyl sites for hydroxylation is 1. The number of rotatable bonds is 5. The zero-order chi connectivity index (χ0) is 16.9. The highest BCUT2D eigenvalue weighted by Gasteiger charge is 2.14. The minimum absolute atomic E-state index is 0.161. The molecular formula is C16H18N6OS. The van der Waals surface area contributed by atoms with Crippen LogP contribution in [0.15, 0.2) is 36.0 Å². The predicted molar refractivity (Wildman–Crippen MR) is 94.1 cm³/mol. The van der Waals surface area contributed by atoms with Crippen LogP contribution in [0, 0.1) is 6.92 Å². The summed E-state index contributed by atoms with van der Waals surface area (Å²) in [7, 11) is 0. The van der Waals surface area contributed by atoms with Crippen LogP contribution in [0.1, 0.15) is 23.5 Å². The fraction of sp³-hybridized carbons (Fsp3) is 0.250. The monoisotopic (exact) mass is 342 g/mol. The van der Waals surface area contributed by atoms with Crippen LogP contribution in [-0.4, -0.2) is 32.7 Å². The van der Waals surface area contributed by atoms with Gasteiger partial charge in [-0.25, -0.2) is 9.78 Å². The van der Waals surface area contributed by atoms with Gasteiger partial charge in [-0.05, 0) is 19.1 Å². The molecule has 8 heteroatoms. The van der Waals surface area contributed by atoms with Crippen molar-refractivity contribution in [2.75, 3.05) is 11.9 Å². The summed E-state index contributed by atoms with van der Waals surface area (Å²) in [5, 5.41) is 15.5. The predicted octanol–water partition coefficient (Wildman–Crippen LogP) is 3.16. The molecule has 0 bridgehead atoms. The molecule has 3 heterocycles. The Morgan fingerprint density at radius 3 is 3.00 bits per heavy atom. The molecule has 2 amide bonds. The zero-order valence-corrected chi connectivity index (χ0v) is 14.2. The van der Waals surface area contributed by atoms with Gasteiger partial charge in [-0.2, -0.15) is 5.10 Å². The molecule has 0 radical (unpaired) electrons. The van der Waals surface area contributed by atoms with Crippen LogP contribution in [0.4, 0.5) is 10.5 Å². The van der Waals surface area contributed by atoms with Gasteiger partial charge in [0.1, 0.15) is 5.69 Å². The molecule has 0 fully saturated rings. The van der Waals surface area contributed by atoms with E-state index in [1.54, 1.807) is 23.7 Å². The van der Waals surface area contributed by atoms with Crippen LogP contribution >= 0.6 is 11.3 Å². The van der Waals surface area contributed by atoms with Gasteiger partial charge in [0.25, 0.3) is 0 Å². The number of H-pyrrole nitrogens is 1. The Hall–Kier alpha value is -2.74. The van der Waals surface area contributed by atoms with Crippen molar-refractivity contribution in [2.45, 2.75) is 19.8 Å². The van der Waals surface area contributed by atoms with Crippen LogP contribution in [0.3, 0.4) is 0 Å². The molecule has 0 aliphatic carbocycles. The molecular weight excluding hydrogens is 324 g/mol. The summed E-state index contributed by atoms with van der Waals surface area (Å²) in [6.07, 6.45) is 3.26. The fourth-order valence-electron chi connectivity index (χ4n) is 2.18. The van der Waals surface area contributed by atoms with Crippen molar-refractivity contribution in [3.63, 3.8) is 0 Å². The lowest BCUT2D eigenvalue weighted by Crippen LogP contribution is -2.31. The summed E-state index contributed by atoms with van der Waals surface area (Å²) < 4.78 is 0. The van der Waals surface area contributed by atoms with Crippen molar-refractivity contribution in [3.8, 4) is 11.4 Å². The molecule has 1 atom stereocenters. The average Bonchev–Trinajstić information content (AvgIpc) is 3.22. The number of aromatic amines is 1. The Kier molecular flexibility index (Phi) is 4.85. The second kappa shape index (κ2) is 7.22. The number of carbonyl (C=O) groups is 1. The summed E-state index contributed by atoms with van der Waals surface area (Å²) in [5.74, 6) is 0.161. The molecule has 3 rings (SSSR count). The number of anilines is 1. The molecule has 0 aromatic carbocycles. The SMILES string of the molecule is Cc1csc(C(C)CNC(=O)Nc2cn[nH]c2-c2ccccn2)n1. The number of urea groups is 1. The third-order valence-corrected chi connectivity index (χ3v) is 4.63. The number of thiazole rings is 1. The van der Waals surface area contributed by atoms with Crippen LogP contribution in [0.25, 0.3) is 11.4 Å². The van der Waals surface area contributed by atoms with E-state index in [9.17, 15) is 4.79 Å². The minimum atomic E-state index is -0.284. The van der Waals surface area contributed by atoms with E-state index in [0.717, 1.165) is 16.4 Å². The molecule has 1 unspecified atom stereocenters. The molecule has 3 N–H and O–H groups in total. The van der Waals surface area contributed by atoms with Gasteiger partial charge in [0.15, 0.2) is 0 Å². The molecule has 3 aromatic rings. The number of hydrogen-bond donors (Lipinski definition) is 3. The normalized spacial score (nSPS) is 11.9. The van der Waals surface area contributed by atoms with Crippen LogP contribution in [-0.2, 0) is 0 Å². The highest BCUT2D eigenvalue weighted by Crippen LogP contribution is 2.23. The van der Waals surface area contributed by atoms with E-state index in [0.29, 0.717) is 17.9 Å². The molecule has 3 aromatic heterocycles. The Bertz CT molecular complexity index is 813. The number of pyridine rings is 1. The highest BCUT2D eigenvalue weighted by atomic mass is 32.1. The second-order valence-corrected chi connectivity index (χ2v) is 6.33. The number of carbonyl (C=O) groups excluding carboxylic acids is 1. The van der Waals surface area contributed by atoms with Crippen LogP contribution < -0.4 is 10.6 Å². The average molecular weight is 342 g/mol. The Morgan fingerprint density at radius 1 is 1.42 bits per heavy atom. The first-order chi connectivity index (χ1) is 11.6. The van der Waals surface area contributed by atoms with E-state index >= 15 is 0 Å². The van der Waals surface area contributed by atoms with E-state index in [2.05, 4.69) is 30.8 Å². The molecule has 124 valence electrons. The third-order valence-electron chi connectivity index (χ3n) is 3.44. The summed E-state index contributed by atoms with van der Waals surface area (Å²) in [5.41, 5.74) is 2.99. The maximum Gasteiger partial charge on any atom is 0.319 e. The molecule has 24 heavy (non-hydrogen) atoms. The maximum absolute atomic E-state index is 12.1. The lowest BCUT2D eigenvalue weighted by atomic mass is 10.2. The summed E-state index contributed by atoms with van der Waals surface area (Å²) in [4.78, 5) is 20.8. The van der Waals surface area contributed by atoms with Crippen LogP contribution in [0.2, 0.25) is 0 Å². The molecule has 7 nitrogen and oxygen atoms in total. The number of aromatic nitrogens is 4. The van der Waals surface area contributed by atoms with Gasteiger partial charge >= 0.3 is 6.03 Å². The van der Waals surface area contributed by atoms with Crippen LogP contribution in [0.5, 0.6) is 0 Å². The number of nitrogens with one attached hydrogen (secondary N) is 3. The fourth-order valence-corrected chi connectivity index (χ4v) is 3.04. The second-order valence-electron chi connectivity index (χ2n) is 5.44. The van der Waals surface area contributed by atoms with Crippen molar-refractivity contribution in [3.05, 3.63) is 46.7 Å². The van der Waals surface area contributed by atoms with Crippen molar-refractivity contribution in [1.82, 2.24) is 25.5 Å². The largest absolute Gasteiger partial charge is 0.337 e. The molecule has 0 spiro atoms. The van der Waals surface area contributed by atoms with E-state index in [4.69, 9.17) is 0 Å². The van der Waals surface area contributed by atoms with E-state index < -0.39 is 0 Å². The lowest BCUT2D eigenvalue weighted by Gasteiger charge is -2.11. The summed E-state index contributed by atoms with van der Waals surface area (Å²) in [6.45, 7) is 4.51. The lowest BCUT2D eigenvalue weighted by molar-refractivity contribution is 0.251. The number of hydrogen-bond acceptors (Lipinski definition) is 5. The topological polar surface area (TPSA) is 95.6 Å². The van der Waals surface area contributed by atoms with Crippen molar-refractivity contribution >= 4 is 23.1 Å². The van der Waals surface area contributed by atoms with Gasteiger partial charge in [-0.1, -0.05) is 13.0 Å². The van der Waals surface area contributed by atoms with E-state index in [-0.39, 0.29) is 11.9 Å².